The molecule has 1 saturated heterocycles. The Kier molecular flexibility index (Phi) is 5.65. The average molecular weight is 406 g/mol. The lowest BCUT2D eigenvalue weighted by Crippen LogP contribution is -2.41. The van der Waals surface area contributed by atoms with Gasteiger partial charge in [0.15, 0.2) is 0 Å². The van der Waals surface area contributed by atoms with Gasteiger partial charge in [-0.3, -0.25) is 9.59 Å². The minimum atomic E-state index is -0.342. The molecule has 30 heavy (non-hydrogen) atoms. The number of halogens is 1. The molecule has 1 aliphatic rings. The number of hydrogen-bond donors (Lipinski definition) is 1. The van der Waals surface area contributed by atoms with E-state index in [1.807, 2.05) is 30.3 Å². The van der Waals surface area contributed by atoms with Gasteiger partial charge in [0.25, 0.3) is 5.91 Å². The third-order valence-corrected chi connectivity index (χ3v) is 5.60. The number of nitrogens with one attached hydrogen (secondary N) is 1. The quantitative estimate of drug-likeness (QED) is 0.695. The molecule has 1 fully saturated rings. The lowest BCUT2D eigenvalue weighted by atomic mass is 9.94. The molecule has 3 aromatic carbocycles. The van der Waals surface area contributed by atoms with Crippen molar-refractivity contribution in [1.29, 1.82) is 0 Å². The Hall–Kier alpha value is -3.41. The van der Waals surface area contributed by atoms with Gasteiger partial charge in [0.2, 0.25) is 5.91 Å². The van der Waals surface area contributed by atoms with Crippen molar-refractivity contribution in [3.8, 4) is 5.75 Å². The molecule has 2 amide bonds. The number of carbonyl (C=O) groups is 2. The van der Waals surface area contributed by atoms with E-state index in [4.69, 9.17) is 4.74 Å². The first-order chi connectivity index (χ1) is 14.6. The molecular formula is C24H23FN2O3. The van der Waals surface area contributed by atoms with Crippen LogP contribution >= 0.6 is 0 Å². The maximum atomic E-state index is 13.2. The molecule has 1 N–H and O–H groups in total. The lowest BCUT2D eigenvalue weighted by Gasteiger charge is -2.31. The normalized spacial score (nSPS) is 14.5. The molecule has 0 aromatic heterocycles. The van der Waals surface area contributed by atoms with Crippen LogP contribution in [-0.4, -0.2) is 36.9 Å². The molecule has 1 heterocycles. The molecule has 0 atom stereocenters. The number of methoxy groups -OCH3 is 1. The highest BCUT2D eigenvalue weighted by Crippen LogP contribution is 2.30. The first kappa shape index (κ1) is 19.9. The Balaban J connectivity index is 1.43. The fourth-order valence-corrected chi connectivity index (χ4v) is 3.93. The van der Waals surface area contributed by atoms with Crippen molar-refractivity contribution in [1.82, 2.24) is 4.90 Å². The van der Waals surface area contributed by atoms with Crippen molar-refractivity contribution in [3.63, 3.8) is 0 Å². The molecule has 0 unspecified atom stereocenters. The summed E-state index contributed by atoms with van der Waals surface area (Å²) in [6.45, 7) is 1.03. The summed E-state index contributed by atoms with van der Waals surface area (Å²) < 4.78 is 18.4. The van der Waals surface area contributed by atoms with E-state index in [1.54, 1.807) is 30.2 Å². The summed E-state index contributed by atoms with van der Waals surface area (Å²) in [7, 11) is 1.62. The van der Waals surface area contributed by atoms with Crippen LogP contribution in [0.4, 0.5) is 10.1 Å². The number of ether oxygens (including phenoxy) is 1. The topological polar surface area (TPSA) is 58.6 Å². The summed E-state index contributed by atoms with van der Waals surface area (Å²) in [5, 5.41) is 4.59. The van der Waals surface area contributed by atoms with Crippen molar-refractivity contribution in [2.24, 2.45) is 5.92 Å². The number of piperidine rings is 1. The number of likely N-dealkylation sites (tertiary alicyclic amines) is 1. The van der Waals surface area contributed by atoms with Crippen LogP contribution in [0.2, 0.25) is 0 Å². The Bertz CT molecular complexity index is 1070. The van der Waals surface area contributed by atoms with Gasteiger partial charge in [0.05, 0.1) is 7.11 Å². The van der Waals surface area contributed by atoms with E-state index in [0.717, 1.165) is 16.5 Å². The van der Waals surface area contributed by atoms with E-state index in [0.29, 0.717) is 37.2 Å². The summed E-state index contributed by atoms with van der Waals surface area (Å²) in [6, 6.07) is 17.0. The Labute approximate surface area is 174 Å². The predicted octanol–water partition coefficient (Wildman–Crippen LogP) is 4.48. The number of fused-ring (bicyclic) bond motifs is 1. The number of benzene rings is 3. The van der Waals surface area contributed by atoms with Gasteiger partial charge in [-0.2, -0.15) is 0 Å². The third-order valence-electron chi connectivity index (χ3n) is 5.60. The standard InChI is InChI=1S/C24H23FN2O3/c1-30-22-11-10-21(19-4-2-3-5-20(19)22)24(29)27-14-12-16(13-15-27)23(28)26-18-8-6-17(25)7-9-18/h2-11,16H,12-15H2,1H3,(H,26,28). The Morgan fingerprint density at radius 3 is 2.30 bits per heavy atom. The molecule has 3 aromatic rings. The number of rotatable bonds is 4. The fraction of sp³-hybridized carbons (Fsp3) is 0.250. The highest BCUT2D eigenvalue weighted by atomic mass is 19.1. The maximum absolute atomic E-state index is 13.2. The lowest BCUT2D eigenvalue weighted by molar-refractivity contribution is -0.121. The van der Waals surface area contributed by atoms with Crippen LogP contribution in [0.1, 0.15) is 23.2 Å². The smallest absolute Gasteiger partial charge is 0.254 e. The van der Waals surface area contributed by atoms with Gasteiger partial charge in [0, 0.05) is 35.6 Å². The van der Waals surface area contributed by atoms with Crippen LogP contribution < -0.4 is 10.1 Å². The molecule has 154 valence electrons. The van der Waals surface area contributed by atoms with Crippen molar-refractivity contribution in [2.75, 3.05) is 25.5 Å². The zero-order valence-electron chi connectivity index (χ0n) is 16.7. The molecular weight excluding hydrogens is 383 g/mol. The number of amides is 2. The van der Waals surface area contributed by atoms with Crippen LogP contribution in [0, 0.1) is 11.7 Å². The predicted molar refractivity (Wildman–Crippen MR) is 114 cm³/mol. The summed E-state index contributed by atoms with van der Waals surface area (Å²) in [4.78, 5) is 27.5. The number of hydrogen-bond acceptors (Lipinski definition) is 3. The van der Waals surface area contributed by atoms with Crippen molar-refractivity contribution in [2.45, 2.75) is 12.8 Å². The van der Waals surface area contributed by atoms with Gasteiger partial charge in [-0.05, 0) is 54.6 Å². The minimum Gasteiger partial charge on any atom is -0.496 e. The summed E-state index contributed by atoms with van der Waals surface area (Å²) in [5.41, 5.74) is 1.21. The zero-order valence-corrected chi connectivity index (χ0v) is 16.7. The largest absolute Gasteiger partial charge is 0.496 e. The van der Waals surface area contributed by atoms with E-state index in [1.165, 1.54) is 12.1 Å². The van der Waals surface area contributed by atoms with Crippen LogP contribution in [0.3, 0.4) is 0 Å². The van der Waals surface area contributed by atoms with E-state index >= 15 is 0 Å². The summed E-state index contributed by atoms with van der Waals surface area (Å²) in [5.74, 6) is 0.0887. The van der Waals surface area contributed by atoms with E-state index in [9.17, 15) is 14.0 Å². The first-order valence-corrected chi connectivity index (χ1v) is 9.98. The highest BCUT2D eigenvalue weighted by molar-refractivity contribution is 6.08. The number of nitrogens with zero attached hydrogens (tertiary/aromatic N) is 1. The van der Waals surface area contributed by atoms with Crippen LogP contribution in [0.15, 0.2) is 60.7 Å². The average Bonchev–Trinajstić information content (AvgIpc) is 2.79. The number of anilines is 1. The molecule has 0 aliphatic carbocycles. The van der Waals surface area contributed by atoms with E-state index in [2.05, 4.69) is 5.32 Å². The molecule has 1 aliphatic heterocycles. The van der Waals surface area contributed by atoms with Gasteiger partial charge in [-0.15, -0.1) is 0 Å². The molecule has 0 saturated carbocycles. The third kappa shape index (κ3) is 3.99. The van der Waals surface area contributed by atoms with Gasteiger partial charge in [-0.25, -0.2) is 4.39 Å². The second kappa shape index (κ2) is 8.53. The zero-order chi connectivity index (χ0) is 21.1. The molecule has 0 spiro atoms. The number of carbonyl (C=O) groups excluding carboxylic acids is 2. The van der Waals surface area contributed by atoms with Crippen LogP contribution in [0.25, 0.3) is 10.8 Å². The van der Waals surface area contributed by atoms with Crippen molar-refractivity contribution < 1.29 is 18.7 Å². The second-order valence-corrected chi connectivity index (χ2v) is 7.42. The van der Waals surface area contributed by atoms with Gasteiger partial charge in [0.1, 0.15) is 11.6 Å². The molecule has 5 nitrogen and oxygen atoms in total. The fourth-order valence-electron chi connectivity index (χ4n) is 3.93. The molecule has 4 rings (SSSR count). The van der Waals surface area contributed by atoms with Gasteiger partial charge in [-0.1, -0.05) is 24.3 Å². The summed E-state index contributed by atoms with van der Waals surface area (Å²) >= 11 is 0. The van der Waals surface area contributed by atoms with E-state index in [-0.39, 0.29) is 23.5 Å². The highest BCUT2D eigenvalue weighted by Gasteiger charge is 2.28. The van der Waals surface area contributed by atoms with Crippen molar-refractivity contribution >= 4 is 28.3 Å². The summed E-state index contributed by atoms with van der Waals surface area (Å²) in [6.07, 6.45) is 1.18. The van der Waals surface area contributed by atoms with Gasteiger partial charge >= 0.3 is 0 Å². The van der Waals surface area contributed by atoms with Gasteiger partial charge < -0.3 is 15.0 Å². The maximum Gasteiger partial charge on any atom is 0.254 e. The Morgan fingerprint density at radius 2 is 1.63 bits per heavy atom. The molecule has 0 radical (unpaired) electrons. The minimum absolute atomic E-state index is 0.0359. The first-order valence-electron chi connectivity index (χ1n) is 9.98. The van der Waals surface area contributed by atoms with Crippen molar-refractivity contribution in [3.05, 3.63) is 72.0 Å². The Morgan fingerprint density at radius 1 is 0.967 bits per heavy atom. The SMILES string of the molecule is COc1ccc(C(=O)N2CCC(C(=O)Nc3ccc(F)cc3)CC2)c2ccccc12. The second-order valence-electron chi connectivity index (χ2n) is 7.42. The monoisotopic (exact) mass is 406 g/mol. The molecule has 6 heteroatoms. The van der Waals surface area contributed by atoms with Crippen LogP contribution in [-0.2, 0) is 4.79 Å². The van der Waals surface area contributed by atoms with E-state index < -0.39 is 0 Å². The molecule has 0 bridgehead atoms. The van der Waals surface area contributed by atoms with Crippen LogP contribution in [0.5, 0.6) is 5.75 Å².